The molecule has 0 radical (unpaired) electrons. The standard InChI is InChI=1S/C22H25FN3O3PS/c1-22(2,28)13-8-9-15(17(23)10-13)18-11-16(20(24)27)21(31-18)26-19-7-5-6-14(25-19)12-29-30(3)4/h5-11,28H,12H2,1-4H3,(H2,24,27)(H,25,26). The molecule has 0 unspecified atom stereocenters. The van der Waals surface area contributed by atoms with Gasteiger partial charge in [0.1, 0.15) is 16.6 Å². The van der Waals surface area contributed by atoms with Crippen molar-refractivity contribution in [2.75, 3.05) is 18.6 Å². The summed E-state index contributed by atoms with van der Waals surface area (Å²) in [6, 6.07) is 11.6. The molecule has 4 N–H and O–H groups in total. The number of thiophene rings is 1. The monoisotopic (exact) mass is 461 g/mol. The van der Waals surface area contributed by atoms with Crippen LogP contribution in [0.3, 0.4) is 0 Å². The highest BCUT2D eigenvalue weighted by Crippen LogP contribution is 2.38. The van der Waals surface area contributed by atoms with Gasteiger partial charge in [-0.1, -0.05) is 18.2 Å². The fourth-order valence-corrected chi connectivity index (χ4v) is 4.32. The molecule has 31 heavy (non-hydrogen) atoms. The second-order valence-electron chi connectivity index (χ2n) is 7.70. The van der Waals surface area contributed by atoms with Crippen molar-refractivity contribution in [1.82, 2.24) is 4.98 Å². The maximum atomic E-state index is 14.8. The molecule has 0 aliphatic rings. The van der Waals surface area contributed by atoms with Crippen molar-refractivity contribution < 1.29 is 18.8 Å². The van der Waals surface area contributed by atoms with Gasteiger partial charge in [-0.2, -0.15) is 0 Å². The summed E-state index contributed by atoms with van der Waals surface area (Å²) in [5.74, 6) is -0.580. The van der Waals surface area contributed by atoms with Crippen LogP contribution >= 0.6 is 19.5 Å². The minimum atomic E-state index is -1.16. The molecule has 0 bridgehead atoms. The number of hydrogen-bond acceptors (Lipinski definition) is 6. The molecule has 0 aliphatic heterocycles. The summed E-state index contributed by atoms with van der Waals surface area (Å²) in [5, 5.41) is 13.7. The number of nitrogens with one attached hydrogen (secondary N) is 1. The van der Waals surface area contributed by atoms with Gasteiger partial charge in [-0.25, -0.2) is 9.37 Å². The van der Waals surface area contributed by atoms with Gasteiger partial charge >= 0.3 is 0 Å². The van der Waals surface area contributed by atoms with Crippen molar-refractivity contribution in [3.05, 3.63) is 65.1 Å². The SMILES string of the molecule is CP(C)OCc1cccc(Nc2sc(-c3ccc(C(C)(C)O)cc3F)cc2C(N)=O)n1. The van der Waals surface area contributed by atoms with Crippen molar-refractivity contribution in [1.29, 1.82) is 0 Å². The molecule has 9 heteroatoms. The smallest absolute Gasteiger partial charge is 0.251 e. The number of hydrogen-bond donors (Lipinski definition) is 3. The van der Waals surface area contributed by atoms with E-state index in [2.05, 4.69) is 10.3 Å². The summed E-state index contributed by atoms with van der Waals surface area (Å²) in [6.07, 6.45) is 0. The molecule has 0 aliphatic carbocycles. The van der Waals surface area contributed by atoms with Crippen LogP contribution in [0.15, 0.2) is 42.5 Å². The molecular weight excluding hydrogens is 436 g/mol. The summed E-state index contributed by atoms with van der Waals surface area (Å²) in [4.78, 5) is 17.0. The number of nitrogens with two attached hydrogens (primary N) is 1. The van der Waals surface area contributed by atoms with Crippen LogP contribution in [0.1, 0.15) is 35.5 Å². The van der Waals surface area contributed by atoms with Crippen LogP contribution in [0, 0.1) is 5.82 Å². The van der Waals surface area contributed by atoms with Crippen molar-refractivity contribution in [3.63, 3.8) is 0 Å². The highest BCUT2D eigenvalue weighted by molar-refractivity contribution is 7.50. The number of halogens is 1. The lowest BCUT2D eigenvalue weighted by Crippen LogP contribution is -2.15. The number of carbonyl (C=O) groups is 1. The topological polar surface area (TPSA) is 97.5 Å². The molecular formula is C22H25FN3O3PS. The fourth-order valence-electron chi connectivity index (χ4n) is 2.84. The van der Waals surface area contributed by atoms with E-state index in [1.807, 2.05) is 25.5 Å². The molecule has 1 amide bonds. The molecule has 3 rings (SSSR count). The van der Waals surface area contributed by atoms with Gasteiger partial charge in [0.05, 0.1) is 23.5 Å². The number of aromatic nitrogens is 1. The van der Waals surface area contributed by atoms with Gasteiger partial charge < -0.3 is 20.7 Å². The van der Waals surface area contributed by atoms with Gasteiger partial charge in [0.15, 0.2) is 0 Å². The zero-order valence-corrected chi connectivity index (χ0v) is 19.5. The Labute approximate surface area is 186 Å². The maximum Gasteiger partial charge on any atom is 0.251 e. The summed E-state index contributed by atoms with van der Waals surface area (Å²) in [5.41, 5.74) is 6.19. The molecule has 1 aromatic carbocycles. The largest absolute Gasteiger partial charge is 0.386 e. The van der Waals surface area contributed by atoms with E-state index in [9.17, 15) is 14.3 Å². The van der Waals surface area contributed by atoms with Crippen LogP contribution in [0.25, 0.3) is 10.4 Å². The summed E-state index contributed by atoms with van der Waals surface area (Å²) in [6.45, 7) is 7.60. The van der Waals surface area contributed by atoms with E-state index in [0.717, 1.165) is 5.69 Å². The Hall–Kier alpha value is -2.38. The number of primary amides is 1. The molecule has 0 saturated heterocycles. The highest BCUT2D eigenvalue weighted by atomic mass is 32.1. The first-order chi connectivity index (χ1) is 14.5. The molecule has 3 aromatic rings. The number of nitrogens with zero attached hydrogens (tertiary/aromatic N) is 1. The van der Waals surface area contributed by atoms with Crippen LogP contribution in [-0.2, 0) is 16.7 Å². The number of aliphatic hydroxyl groups is 1. The van der Waals surface area contributed by atoms with Crippen molar-refractivity contribution in [2.24, 2.45) is 5.73 Å². The molecule has 6 nitrogen and oxygen atoms in total. The van der Waals surface area contributed by atoms with Crippen LogP contribution in [-0.4, -0.2) is 29.3 Å². The van der Waals surface area contributed by atoms with Gasteiger partial charge in [0.2, 0.25) is 0 Å². The summed E-state index contributed by atoms with van der Waals surface area (Å²) in [7, 11) is -0.502. The Morgan fingerprint density at radius 1 is 1.29 bits per heavy atom. The lowest BCUT2D eigenvalue weighted by Gasteiger charge is -2.18. The van der Waals surface area contributed by atoms with E-state index >= 15 is 0 Å². The third kappa shape index (κ3) is 5.86. The van der Waals surface area contributed by atoms with E-state index in [1.165, 1.54) is 17.4 Å². The average Bonchev–Trinajstić information content (AvgIpc) is 3.09. The lowest BCUT2D eigenvalue weighted by molar-refractivity contribution is 0.0782. The number of carbonyl (C=O) groups excluding carboxylic acids is 1. The van der Waals surface area contributed by atoms with Gasteiger partial charge in [-0.05, 0) is 57.0 Å². The third-order valence-corrected chi connectivity index (χ3v) is 6.19. The van der Waals surface area contributed by atoms with Crippen molar-refractivity contribution in [2.45, 2.75) is 26.1 Å². The summed E-state index contributed by atoms with van der Waals surface area (Å²) >= 11 is 1.20. The van der Waals surface area contributed by atoms with Crippen LogP contribution in [0.5, 0.6) is 0 Å². The molecule has 2 heterocycles. The van der Waals surface area contributed by atoms with Crippen LogP contribution < -0.4 is 11.1 Å². The Kier molecular flexibility index (Phi) is 7.06. The number of benzene rings is 1. The predicted molar refractivity (Wildman–Crippen MR) is 125 cm³/mol. The predicted octanol–water partition coefficient (Wildman–Crippen LogP) is 5.19. The first kappa shape index (κ1) is 23.3. The van der Waals surface area contributed by atoms with Crippen molar-refractivity contribution in [3.8, 4) is 10.4 Å². The van der Waals surface area contributed by atoms with E-state index in [-0.39, 0.29) is 5.56 Å². The Morgan fingerprint density at radius 3 is 2.65 bits per heavy atom. The molecule has 0 saturated carbocycles. The van der Waals surface area contributed by atoms with Gasteiger partial charge in [0.25, 0.3) is 5.91 Å². The Bertz CT molecular complexity index is 1100. The number of anilines is 2. The molecule has 164 valence electrons. The minimum absolute atomic E-state index is 0.250. The quantitative estimate of drug-likeness (QED) is 0.401. The van der Waals surface area contributed by atoms with E-state index in [0.29, 0.717) is 33.4 Å². The first-order valence-electron chi connectivity index (χ1n) is 9.54. The van der Waals surface area contributed by atoms with Gasteiger partial charge in [0, 0.05) is 18.6 Å². The first-order valence-corrected chi connectivity index (χ1v) is 12.5. The highest BCUT2D eigenvalue weighted by Gasteiger charge is 2.21. The van der Waals surface area contributed by atoms with Crippen LogP contribution in [0.4, 0.5) is 15.2 Å². The minimum Gasteiger partial charge on any atom is -0.386 e. The second-order valence-corrected chi connectivity index (χ2v) is 10.6. The molecule has 0 fully saturated rings. The van der Waals surface area contributed by atoms with Gasteiger partial charge in [-0.15, -0.1) is 11.3 Å². The Balaban J connectivity index is 1.92. The van der Waals surface area contributed by atoms with E-state index in [1.54, 1.807) is 38.1 Å². The number of pyridine rings is 1. The van der Waals surface area contributed by atoms with E-state index < -0.39 is 25.5 Å². The van der Waals surface area contributed by atoms with Crippen LogP contribution in [0.2, 0.25) is 0 Å². The fraction of sp³-hybridized carbons (Fsp3) is 0.273. The lowest BCUT2D eigenvalue weighted by atomic mass is 9.96. The molecule has 0 atom stereocenters. The average molecular weight is 461 g/mol. The zero-order valence-electron chi connectivity index (χ0n) is 17.8. The zero-order chi connectivity index (χ0) is 22.8. The van der Waals surface area contributed by atoms with Gasteiger partial charge in [-0.3, -0.25) is 4.79 Å². The maximum absolute atomic E-state index is 14.8. The number of rotatable bonds is 8. The summed E-state index contributed by atoms with van der Waals surface area (Å²) < 4.78 is 20.4. The molecule has 0 spiro atoms. The molecule has 2 aromatic heterocycles. The normalized spacial score (nSPS) is 11.7. The van der Waals surface area contributed by atoms with Crippen molar-refractivity contribution >= 4 is 36.2 Å². The number of amides is 1. The Morgan fingerprint density at radius 2 is 2.03 bits per heavy atom. The third-order valence-electron chi connectivity index (χ3n) is 4.46. The van der Waals surface area contributed by atoms with E-state index in [4.69, 9.17) is 10.3 Å². The second kappa shape index (κ2) is 9.40.